The Labute approximate surface area is 106 Å². The van der Waals surface area contributed by atoms with Gasteiger partial charge in [0.15, 0.2) is 0 Å². The lowest BCUT2D eigenvalue weighted by molar-refractivity contribution is 0.395. The summed E-state index contributed by atoms with van der Waals surface area (Å²) >= 11 is 0. The van der Waals surface area contributed by atoms with Gasteiger partial charge in [-0.05, 0) is 19.1 Å². The van der Waals surface area contributed by atoms with Crippen molar-refractivity contribution in [1.29, 1.82) is 0 Å². The zero-order chi connectivity index (χ0) is 13.3. The van der Waals surface area contributed by atoms with Crippen LogP contribution in [0.3, 0.4) is 0 Å². The lowest BCUT2D eigenvalue weighted by atomic mass is 10.3. The Kier molecular flexibility index (Phi) is 3.38. The van der Waals surface area contributed by atoms with Crippen LogP contribution in [0.15, 0.2) is 29.4 Å². The van der Waals surface area contributed by atoms with Gasteiger partial charge < -0.3 is 10.7 Å². The van der Waals surface area contributed by atoms with E-state index in [1.54, 1.807) is 25.3 Å². The average molecular weight is 268 g/mol. The van der Waals surface area contributed by atoms with Gasteiger partial charge >= 0.3 is 0 Å². The molecule has 0 aliphatic carbocycles. The monoisotopic (exact) mass is 268 g/mol. The first-order valence-electron chi connectivity index (χ1n) is 5.58. The molecule has 1 atom stereocenters. The summed E-state index contributed by atoms with van der Waals surface area (Å²) in [5, 5.41) is 0.591. The third-order valence-electron chi connectivity index (χ3n) is 3.03. The van der Waals surface area contributed by atoms with Gasteiger partial charge in [0.2, 0.25) is 10.0 Å². The summed E-state index contributed by atoms with van der Waals surface area (Å²) < 4.78 is 26.1. The Morgan fingerprint density at radius 2 is 2.28 bits per heavy atom. The molecule has 0 aliphatic heterocycles. The summed E-state index contributed by atoms with van der Waals surface area (Å²) in [4.78, 5) is 7.16. The van der Waals surface area contributed by atoms with E-state index in [1.807, 2.05) is 0 Å². The Morgan fingerprint density at radius 3 is 2.94 bits per heavy atom. The zero-order valence-electron chi connectivity index (χ0n) is 10.3. The second-order valence-corrected chi connectivity index (χ2v) is 6.12. The standard InChI is InChI=1S/C11H16N4O2S/c1-8(6-12)15(2)18(16,17)10-7-14-11-9(10)4-3-5-13-11/h3-5,7-8H,6,12H2,1-2H3,(H,13,14). The average Bonchev–Trinajstić information content (AvgIpc) is 2.81. The predicted molar refractivity (Wildman–Crippen MR) is 69.6 cm³/mol. The summed E-state index contributed by atoms with van der Waals surface area (Å²) in [7, 11) is -2.02. The number of rotatable bonds is 4. The third-order valence-corrected chi connectivity index (χ3v) is 5.04. The predicted octanol–water partition coefficient (Wildman–Crippen LogP) is 0.531. The van der Waals surface area contributed by atoms with Gasteiger partial charge in [0.25, 0.3) is 0 Å². The molecule has 2 rings (SSSR count). The largest absolute Gasteiger partial charge is 0.345 e. The molecule has 6 nitrogen and oxygen atoms in total. The van der Waals surface area contributed by atoms with Crippen molar-refractivity contribution in [1.82, 2.24) is 14.3 Å². The van der Waals surface area contributed by atoms with Crippen LogP contribution in [-0.4, -0.2) is 42.3 Å². The van der Waals surface area contributed by atoms with Crippen LogP contribution < -0.4 is 5.73 Å². The van der Waals surface area contributed by atoms with Crippen molar-refractivity contribution in [3.05, 3.63) is 24.5 Å². The number of hydrogen-bond acceptors (Lipinski definition) is 4. The molecule has 0 saturated heterocycles. The van der Waals surface area contributed by atoms with Crippen molar-refractivity contribution >= 4 is 21.1 Å². The molecule has 7 heteroatoms. The van der Waals surface area contributed by atoms with Crippen molar-refractivity contribution in [2.45, 2.75) is 17.9 Å². The SMILES string of the molecule is CC(CN)N(C)S(=O)(=O)c1c[nH]c2ncccc12. The van der Waals surface area contributed by atoms with Crippen LogP contribution in [-0.2, 0) is 10.0 Å². The molecule has 2 aromatic rings. The molecular formula is C11H16N4O2S. The van der Waals surface area contributed by atoms with Crippen LogP contribution in [0.4, 0.5) is 0 Å². The Hall–Kier alpha value is -1.44. The van der Waals surface area contributed by atoms with Crippen LogP contribution >= 0.6 is 0 Å². The molecular weight excluding hydrogens is 252 g/mol. The van der Waals surface area contributed by atoms with Crippen molar-refractivity contribution in [3.63, 3.8) is 0 Å². The molecule has 0 amide bonds. The number of hydrogen-bond donors (Lipinski definition) is 2. The molecule has 98 valence electrons. The van der Waals surface area contributed by atoms with Crippen LogP contribution in [0.1, 0.15) is 6.92 Å². The van der Waals surface area contributed by atoms with Crippen molar-refractivity contribution < 1.29 is 8.42 Å². The summed E-state index contributed by atoms with van der Waals surface area (Å²) in [5.41, 5.74) is 6.07. The molecule has 0 aliphatic rings. The van der Waals surface area contributed by atoms with E-state index in [0.717, 1.165) is 0 Å². The Bertz CT molecular complexity index is 650. The van der Waals surface area contributed by atoms with E-state index < -0.39 is 10.0 Å². The highest BCUT2D eigenvalue weighted by Crippen LogP contribution is 2.24. The number of aromatic nitrogens is 2. The van der Waals surface area contributed by atoms with Gasteiger partial charge in [-0.3, -0.25) is 0 Å². The number of nitrogens with zero attached hydrogens (tertiary/aromatic N) is 2. The first kappa shape index (κ1) is 13.0. The number of nitrogens with one attached hydrogen (secondary N) is 1. The van der Waals surface area contributed by atoms with E-state index in [9.17, 15) is 8.42 Å². The fourth-order valence-electron chi connectivity index (χ4n) is 1.68. The van der Waals surface area contributed by atoms with E-state index in [0.29, 0.717) is 11.0 Å². The maximum Gasteiger partial charge on any atom is 0.245 e. The molecule has 0 aromatic carbocycles. The lowest BCUT2D eigenvalue weighted by Crippen LogP contribution is -2.39. The number of sulfonamides is 1. The summed E-state index contributed by atoms with van der Waals surface area (Å²) in [6.45, 7) is 2.04. The molecule has 3 N–H and O–H groups in total. The van der Waals surface area contributed by atoms with Crippen LogP contribution in [0.2, 0.25) is 0 Å². The van der Waals surface area contributed by atoms with Crippen molar-refractivity contribution in [2.24, 2.45) is 5.73 Å². The van der Waals surface area contributed by atoms with E-state index >= 15 is 0 Å². The van der Waals surface area contributed by atoms with Gasteiger partial charge in [-0.1, -0.05) is 0 Å². The van der Waals surface area contributed by atoms with Crippen LogP contribution in [0.5, 0.6) is 0 Å². The van der Waals surface area contributed by atoms with Crippen molar-refractivity contribution in [2.75, 3.05) is 13.6 Å². The number of pyridine rings is 1. The Morgan fingerprint density at radius 1 is 1.56 bits per heavy atom. The van der Waals surface area contributed by atoms with E-state index in [2.05, 4.69) is 9.97 Å². The highest BCUT2D eigenvalue weighted by atomic mass is 32.2. The minimum atomic E-state index is -3.55. The fourth-order valence-corrected chi connectivity index (χ4v) is 3.21. The van der Waals surface area contributed by atoms with E-state index in [-0.39, 0.29) is 17.5 Å². The van der Waals surface area contributed by atoms with Crippen LogP contribution in [0.25, 0.3) is 11.0 Å². The van der Waals surface area contributed by atoms with Gasteiger partial charge in [-0.15, -0.1) is 0 Å². The minimum absolute atomic E-state index is 0.230. The van der Waals surface area contributed by atoms with Gasteiger partial charge in [0, 0.05) is 37.4 Å². The highest BCUT2D eigenvalue weighted by Gasteiger charge is 2.27. The lowest BCUT2D eigenvalue weighted by Gasteiger charge is -2.22. The smallest absolute Gasteiger partial charge is 0.245 e. The highest BCUT2D eigenvalue weighted by molar-refractivity contribution is 7.89. The quantitative estimate of drug-likeness (QED) is 0.846. The molecule has 1 unspecified atom stereocenters. The first-order valence-corrected chi connectivity index (χ1v) is 7.02. The van der Waals surface area contributed by atoms with Gasteiger partial charge in [-0.2, -0.15) is 4.31 Å². The third kappa shape index (κ3) is 2.00. The molecule has 0 radical (unpaired) electrons. The van der Waals surface area contributed by atoms with E-state index in [1.165, 1.54) is 17.5 Å². The minimum Gasteiger partial charge on any atom is -0.345 e. The molecule has 2 heterocycles. The normalized spacial score (nSPS) is 14.2. The summed E-state index contributed by atoms with van der Waals surface area (Å²) in [5.74, 6) is 0. The molecule has 0 fully saturated rings. The summed E-state index contributed by atoms with van der Waals surface area (Å²) in [6, 6.07) is 3.19. The van der Waals surface area contributed by atoms with Crippen molar-refractivity contribution in [3.8, 4) is 0 Å². The molecule has 18 heavy (non-hydrogen) atoms. The second kappa shape index (κ2) is 4.68. The number of nitrogens with two attached hydrogens (primary N) is 1. The number of fused-ring (bicyclic) bond motifs is 1. The van der Waals surface area contributed by atoms with Crippen LogP contribution in [0, 0.1) is 0 Å². The second-order valence-electron chi connectivity index (χ2n) is 4.16. The molecule has 0 spiro atoms. The van der Waals surface area contributed by atoms with Gasteiger partial charge in [0.05, 0.1) is 0 Å². The van der Waals surface area contributed by atoms with Gasteiger partial charge in [0.1, 0.15) is 10.5 Å². The number of aromatic amines is 1. The van der Waals surface area contributed by atoms with E-state index in [4.69, 9.17) is 5.73 Å². The molecule has 2 aromatic heterocycles. The topological polar surface area (TPSA) is 92.1 Å². The number of H-pyrrole nitrogens is 1. The molecule has 0 saturated carbocycles. The fraction of sp³-hybridized carbons (Fsp3) is 0.364. The molecule has 0 bridgehead atoms. The first-order chi connectivity index (χ1) is 8.48. The summed E-state index contributed by atoms with van der Waals surface area (Å²) in [6.07, 6.45) is 3.08. The Balaban J connectivity index is 2.54. The number of likely N-dealkylation sites (N-methyl/N-ethyl adjacent to an activating group) is 1. The van der Waals surface area contributed by atoms with Gasteiger partial charge in [-0.25, -0.2) is 13.4 Å². The zero-order valence-corrected chi connectivity index (χ0v) is 11.1. The maximum atomic E-state index is 12.4. The maximum absolute atomic E-state index is 12.4.